The van der Waals surface area contributed by atoms with Gasteiger partial charge in [0.25, 0.3) is 0 Å². The van der Waals surface area contributed by atoms with Crippen LogP contribution >= 0.6 is 0 Å². The molecule has 0 aliphatic rings. The van der Waals surface area contributed by atoms with Crippen molar-refractivity contribution in [3.8, 4) is 0 Å². The largest absolute Gasteiger partial charge is 0.517 e. The lowest BCUT2D eigenvalue weighted by atomic mass is 10.3. The molecule has 4 unspecified atom stereocenters. The van der Waals surface area contributed by atoms with Crippen molar-refractivity contribution < 1.29 is 50.4 Å². The summed E-state index contributed by atoms with van der Waals surface area (Å²) < 4.78 is 41.8. The molecule has 14 heteroatoms. The summed E-state index contributed by atoms with van der Waals surface area (Å²) in [6.45, 7) is 3.59. The highest BCUT2D eigenvalue weighted by Gasteiger charge is 2.46. The van der Waals surface area contributed by atoms with Gasteiger partial charge in [-0.1, -0.05) is 6.92 Å². The maximum Gasteiger partial charge on any atom is 0.517 e. The van der Waals surface area contributed by atoms with Gasteiger partial charge in [0, 0.05) is 48.1 Å². The Morgan fingerprint density at radius 1 is 0.786 bits per heavy atom. The Balaban J connectivity index is 4.54. The van der Waals surface area contributed by atoms with E-state index in [1.54, 1.807) is 0 Å². The van der Waals surface area contributed by atoms with Crippen LogP contribution in [0.1, 0.15) is 13.3 Å². The SMILES string of the molecule is CCC(C[Si](O)(OC)OC)OCC(COC[Si](O)(OC)O[Si](C)(O)OC)OC. The summed E-state index contributed by atoms with van der Waals surface area (Å²) in [6, 6.07) is 0.259. The molecule has 0 aliphatic carbocycles. The molecule has 0 fully saturated rings. The Hall–Kier alpha value is 0.211. The van der Waals surface area contributed by atoms with Gasteiger partial charge in [-0.05, 0) is 6.42 Å². The van der Waals surface area contributed by atoms with Crippen molar-refractivity contribution in [1.82, 2.24) is 0 Å². The minimum atomic E-state index is -3.75. The summed E-state index contributed by atoms with van der Waals surface area (Å²) in [4.78, 5) is 30.5. The summed E-state index contributed by atoms with van der Waals surface area (Å²) in [7, 11) is -3.58. The van der Waals surface area contributed by atoms with Crippen LogP contribution in [-0.2, 0) is 36.0 Å². The fourth-order valence-corrected chi connectivity index (χ4v) is 7.32. The van der Waals surface area contributed by atoms with Gasteiger partial charge >= 0.3 is 26.4 Å². The van der Waals surface area contributed by atoms with Crippen molar-refractivity contribution in [3.63, 3.8) is 0 Å². The molecule has 0 amide bonds. The van der Waals surface area contributed by atoms with Crippen LogP contribution in [0.5, 0.6) is 0 Å². The average molecular weight is 465 g/mol. The van der Waals surface area contributed by atoms with Crippen LogP contribution in [0.4, 0.5) is 0 Å². The van der Waals surface area contributed by atoms with Crippen molar-refractivity contribution >= 4 is 26.4 Å². The lowest BCUT2D eigenvalue weighted by Gasteiger charge is -2.29. The monoisotopic (exact) mass is 464 g/mol. The van der Waals surface area contributed by atoms with Gasteiger partial charge in [-0.25, -0.2) is 0 Å². The molecule has 0 aromatic rings. The molecule has 170 valence electrons. The quantitative estimate of drug-likeness (QED) is 0.238. The van der Waals surface area contributed by atoms with Gasteiger partial charge in [-0.3, -0.25) is 0 Å². The third kappa shape index (κ3) is 10.8. The van der Waals surface area contributed by atoms with Crippen LogP contribution in [-0.4, -0.2) is 108 Å². The van der Waals surface area contributed by atoms with Crippen LogP contribution < -0.4 is 0 Å². The van der Waals surface area contributed by atoms with Gasteiger partial charge in [0.15, 0.2) is 0 Å². The zero-order valence-electron chi connectivity index (χ0n) is 17.8. The van der Waals surface area contributed by atoms with Crippen molar-refractivity contribution in [1.29, 1.82) is 0 Å². The molecule has 4 atom stereocenters. The first-order chi connectivity index (χ1) is 13.0. The van der Waals surface area contributed by atoms with E-state index in [1.165, 1.54) is 42.1 Å². The Morgan fingerprint density at radius 2 is 1.36 bits per heavy atom. The van der Waals surface area contributed by atoms with Gasteiger partial charge < -0.3 is 50.4 Å². The molecule has 0 aromatic carbocycles. The van der Waals surface area contributed by atoms with Crippen LogP contribution in [0.15, 0.2) is 0 Å². The molecule has 0 radical (unpaired) electrons. The predicted molar refractivity (Wildman–Crippen MR) is 105 cm³/mol. The Morgan fingerprint density at radius 3 is 1.79 bits per heavy atom. The number of hydrogen-bond donors (Lipinski definition) is 3. The van der Waals surface area contributed by atoms with Crippen molar-refractivity contribution in [3.05, 3.63) is 0 Å². The zero-order chi connectivity index (χ0) is 21.8. The molecule has 0 heterocycles. The van der Waals surface area contributed by atoms with Gasteiger partial charge in [0.1, 0.15) is 12.3 Å². The van der Waals surface area contributed by atoms with Crippen molar-refractivity contribution in [2.75, 3.05) is 55.0 Å². The molecular weight excluding hydrogens is 428 g/mol. The second-order valence-corrected chi connectivity index (χ2v) is 14.0. The van der Waals surface area contributed by atoms with E-state index in [2.05, 4.69) is 0 Å². The maximum atomic E-state index is 10.4. The minimum Gasteiger partial charge on any atom is -0.390 e. The molecule has 0 saturated carbocycles. The summed E-state index contributed by atoms with van der Waals surface area (Å²) in [5.41, 5.74) is 0. The van der Waals surface area contributed by atoms with E-state index in [9.17, 15) is 14.4 Å². The first-order valence-corrected chi connectivity index (χ1v) is 15.0. The normalized spacial score (nSPS) is 19.1. The first-order valence-electron chi connectivity index (χ1n) is 8.82. The number of hydrogen-bond acceptors (Lipinski definition) is 11. The van der Waals surface area contributed by atoms with Gasteiger partial charge in [0.05, 0.1) is 19.3 Å². The second-order valence-electron chi connectivity index (χ2n) is 6.18. The van der Waals surface area contributed by atoms with E-state index in [1.807, 2.05) is 6.92 Å². The van der Waals surface area contributed by atoms with Gasteiger partial charge in [-0.2, -0.15) is 0 Å². The van der Waals surface area contributed by atoms with Gasteiger partial charge in [-0.15, -0.1) is 0 Å². The summed E-state index contributed by atoms with van der Waals surface area (Å²) in [5.74, 6) is 0. The number of ether oxygens (including phenoxy) is 3. The average Bonchev–Trinajstić information content (AvgIpc) is 2.68. The van der Waals surface area contributed by atoms with Gasteiger partial charge in [0.2, 0.25) is 0 Å². The molecule has 0 aliphatic heterocycles. The molecule has 0 spiro atoms. The standard InChI is InChI=1S/C14H36O11Si3/c1-8-13(11-27(16,20-4)21-5)24-10-14(18-2)9-23-12-28(17,22-6)25-26(7,15)19-3/h13-17H,8-12H2,1-7H3. The molecule has 3 N–H and O–H groups in total. The maximum absolute atomic E-state index is 10.4. The molecule has 0 bridgehead atoms. The van der Waals surface area contributed by atoms with Crippen LogP contribution in [0.2, 0.25) is 12.6 Å². The first kappa shape index (κ1) is 28.2. The highest BCUT2D eigenvalue weighted by Crippen LogP contribution is 2.17. The summed E-state index contributed by atoms with van der Waals surface area (Å²) in [5, 5.41) is 0. The summed E-state index contributed by atoms with van der Waals surface area (Å²) >= 11 is 0. The zero-order valence-corrected chi connectivity index (χ0v) is 20.8. The van der Waals surface area contributed by atoms with Crippen LogP contribution in [0, 0.1) is 0 Å². The van der Waals surface area contributed by atoms with Crippen LogP contribution in [0.25, 0.3) is 0 Å². The highest BCUT2D eigenvalue weighted by atomic mass is 28.5. The third-order valence-electron chi connectivity index (χ3n) is 4.06. The third-order valence-corrected chi connectivity index (χ3v) is 11.1. The van der Waals surface area contributed by atoms with Crippen molar-refractivity contribution in [2.24, 2.45) is 0 Å². The molecule has 0 aromatic heterocycles. The van der Waals surface area contributed by atoms with Crippen LogP contribution in [0.3, 0.4) is 0 Å². The smallest absolute Gasteiger partial charge is 0.390 e. The van der Waals surface area contributed by atoms with Crippen molar-refractivity contribution in [2.45, 2.75) is 38.1 Å². The summed E-state index contributed by atoms with van der Waals surface area (Å²) in [6.07, 6.45) is -0.289. The Labute approximate surface area is 170 Å². The minimum absolute atomic E-state index is 0.0991. The lowest BCUT2D eigenvalue weighted by Crippen LogP contribution is -2.56. The molecule has 11 nitrogen and oxygen atoms in total. The van der Waals surface area contributed by atoms with E-state index in [-0.39, 0.29) is 31.6 Å². The van der Waals surface area contributed by atoms with E-state index < -0.39 is 32.5 Å². The topological polar surface area (TPSA) is 135 Å². The number of rotatable bonds is 17. The molecule has 0 saturated heterocycles. The predicted octanol–water partition coefficient (Wildman–Crippen LogP) is -0.622. The highest BCUT2D eigenvalue weighted by molar-refractivity contribution is 6.72. The molecule has 28 heavy (non-hydrogen) atoms. The fraction of sp³-hybridized carbons (Fsp3) is 1.00. The van der Waals surface area contributed by atoms with E-state index in [4.69, 9.17) is 36.0 Å². The Kier molecular flexibility index (Phi) is 13.6. The second kappa shape index (κ2) is 13.5. The lowest BCUT2D eigenvalue weighted by molar-refractivity contribution is -0.0611. The Bertz CT molecular complexity index is 414. The fourth-order valence-electron chi connectivity index (χ4n) is 2.07. The van der Waals surface area contributed by atoms with E-state index in [0.29, 0.717) is 6.42 Å². The number of methoxy groups -OCH3 is 1. The molecule has 0 rings (SSSR count). The van der Waals surface area contributed by atoms with E-state index >= 15 is 0 Å². The van der Waals surface area contributed by atoms with E-state index in [0.717, 1.165) is 0 Å². The molecular formula is C14H36O11Si3.